The Balaban J connectivity index is 1.59. The number of amides is 1. The number of carbonyl (C=O) groups is 2. The molecule has 1 unspecified atom stereocenters. The number of ether oxygens (including phenoxy) is 1. The highest BCUT2D eigenvalue weighted by molar-refractivity contribution is 6.04. The van der Waals surface area contributed by atoms with Crippen molar-refractivity contribution >= 4 is 23.4 Å². The molecule has 0 aliphatic carbocycles. The van der Waals surface area contributed by atoms with E-state index in [0.717, 1.165) is 5.56 Å². The van der Waals surface area contributed by atoms with Crippen LogP contribution in [0.3, 0.4) is 0 Å². The summed E-state index contributed by atoms with van der Waals surface area (Å²) >= 11 is 0. The van der Waals surface area contributed by atoms with Crippen molar-refractivity contribution in [2.45, 2.75) is 19.9 Å². The van der Waals surface area contributed by atoms with Crippen molar-refractivity contribution in [1.29, 1.82) is 0 Å². The summed E-state index contributed by atoms with van der Waals surface area (Å²) in [5.41, 5.74) is 2.62. The standard InChI is InChI=1S/C23H23N3O3/c1-3-29-23(28)18-9-12-20(13-10-18)26-22(27)19-11-14-21(24-15-19)25-16(2)17-7-5-4-6-8-17/h4-16H,3H2,1-2H3,(H,24,25)(H,26,27). The molecule has 3 rings (SSSR count). The average molecular weight is 389 g/mol. The fourth-order valence-corrected chi connectivity index (χ4v) is 2.77. The van der Waals surface area contributed by atoms with E-state index in [1.54, 1.807) is 43.3 Å². The molecule has 3 aromatic rings. The van der Waals surface area contributed by atoms with E-state index in [2.05, 4.69) is 22.5 Å². The maximum atomic E-state index is 12.4. The van der Waals surface area contributed by atoms with Crippen LogP contribution in [0.15, 0.2) is 72.9 Å². The summed E-state index contributed by atoms with van der Waals surface area (Å²) in [6.45, 7) is 4.13. The maximum Gasteiger partial charge on any atom is 0.338 e. The fourth-order valence-electron chi connectivity index (χ4n) is 2.77. The number of anilines is 2. The van der Waals surface area contributed by atoms with Gasteiger partial charge < -0.3 is 15.4 Å². The van der Waals surface area contributed by atoms with Crippen LogP contribution in [-0.2, 0) is 4.74 Å². The van der Waals surface area contributed by atoms with Gasteiger partial charge in [0.1, 0.15) is 5.82 Å². The van der Waals surface area contributed by atoms with Crippen LogP contribution in [0.1, 0.15) is 46.2 Å². The molecule has 1 atom stereocenters. The molecule has 0 aliphatic heterocycles. The van der Waals surface area contributed by atoms with Gasteiger partial charge in [-0.1, -0.05) is 30.3 Å². The predicted molar refractivity (Wildman–Crippen MR) is 113 cm³/mol. The van der Waals surface area contributed by atoms with Crippen LogP contribution < -0.4 is 10.6 Å². The van der Waals surface area contributed by atoms with Crippen LogP contribution in [0.25, 0.3) is 0 Å². The molecule has 0 fully saturated rings. The van der Waals surface area contributed by atoms with E-state index in [9.17, 15) is 9.59 Å². The van der Waals surface area contributed by atoms with Crippen molar-refractivity contribution < 1.29 is 14.3 Å². The molecule has 2 aromatic carbocycles. The monoisotopic (exact) mass is 389 g/mol. The fraction of sp³-hybridized carbons (Fsp3) is 0.174. The zero-order valence-corrected chi connectivity index (χ0v) is 16.4. The molecule has 1 aromatic heterocycles. The van der Waals surface area contributed by atoms with Gasteiger partial charge in [0.2, 0.25) is 0 Å². The summed E-state index contributed by atoms with van der Waals surface area (Å²) < 4.78 is 4.94. The number of pyridine rings is 1. The van der Waals surface area contributed by atoms with Gasteiger partial charge in [-0.2, -0.15) is 0 Å². The molecule has 0 radical (unpaired) electrons. The Kier molecular flexibility index (Phi) is 6.58. The maximum absolute atomic E-state index is 12.4. The van der Waals surface area contributed by atoms with Crippen LogP contribution in [0.4, 0.5) is 11.5 Å². The van der Waals surface area contributed by atoms with E-state index in [1.807, 2.05) is 30.3 Å². The lowest BCUT2D eigenvalue weighted by atomic mass is 10.1. The molecule has 2 N–H and O–H groups in total. The summed E-state index contributed by atoms with van der Waals surface area (Å²) in [4.78, 5) is 28.4. The first kappa shape index (κ1) is 20.1. The Morgan fingerprint density at radius 3 is 2.28 bits per heavy atom. The van der Waals surface area contributed by atoms with Crippen LogP contribution in [-0.4, -0.2) is 23.5 Å². The van der Waals surface area contributed by atoms with Crippen LogP contribution in [0, 0.1) is 0 Å². The van der Waals surface area contributed by atoms with Crippen molar-refractivity contribution in [3.63, 3.8) is 0 Å². The molecular weight excluding hydrogens is 366 g/mol. The van der Waals surface area contributed by atoms with Gasteiger partial charge in [-0.25, -0.2) is 9.78 Å². The Morgan fingerprint density at radius 2 is 1.66 bits per heavy atom. The lowest BCUT2D eigenvalue weighted by Crippen LogP contribution is -2.13. The zero-order valence-electron chi connectivity index (χ0n) is 16.4. The number of rotatable bonds is 7. The first-order chi connectivity index (χ1) is 14.1. The van der Waals surface area contributed by atoms with Gasteiger partial charge >= 0.3 is 5.97 Å². The third-order valence-electron chi connectivity index (χ3n) is 4.34. The zero-order chi connectivity index (χ0) is 20.6. The van der Waals surface area contributed by atoms with E-state index in [1.165, 1.54) is 6.20 Å². The van der Waals surface area contributed by atoms with E-state index >= 15 is 0 Å². The Morgan fingerprint density at radius 1 is 0.966 bits per heavy atom. The molecule has 0 saturated carbocycles. The summed E-state index contributed by atoms with van der Waals surface area (Å²) in [6, 6.07) is 20.2. The average Bonchev–Trinajstić information content (AvgIpc) is 2.75. The van der Waals surface area contributed by atoms with Crippen LogP contribution >= 0.6 is 0 Å². The molecule has 1 amide bonds. The molecule has 1 heterocycles. The summed E-state index contributed by atoms with van der Waals surface area (Å²) in [7, 11) is 0. The first-order valence-electron chi connectivity index (χ1n) is 9.43. The smallest absolute Gasteiger partial charge is 0.338 e. The van der Waals surface area contributed by atoms with E-state index in [0.29, 0.717) is 29.2 Å². The number of hydrogen-bond acceptors (Lipinski definition) is 5. The normalized spacial score (nSPS) is 11.4. The largest absolute Gasteiger partial charge is 0.462 e. The van der Waals surface area contributed by atoms with Crippen LogP contribution in [0.2, 0.25) is 0 Å². The van der Waals surface area contributed by atoms with Crippen molar-refractivity contribution in [2.24, 2.45) is 0 Å². The number of carbonyl (C=O) groups excluding carboxylic acids is 2. The van der Waals surface area contributed by atoms with Gasteiger partial charge in [0.15, 0.2) is 0 Å². The molecule has 29 heavy (non-hydrogen) atoms. The van der Waals surface area contributed by atoms with Gasteiger partial charge in [-0.15, -0.1) is 0 Å². The molecule has 6 heteroatoms. The summed E-state index contributed by atoms with van der Waals surface area (Å²) in [6.07, 6.45) is 1.53. The van der Waals surface area contributed by atoms with Crippen molar-refractivity contribution in [2.75, 3.05) is 17.2 Å². The minimum Gasteiger partial charge on any atom is -0.462 e. The van der Waals surface area contributed by atoms with E-state index in [4.69, 9.17) is 4.74 Å². The lowest BCUT2D eigenvalue weighted by Gasteiger charge is -2.15. The third-order valence-corrected chi connectivity index (χ3v) is 4.34. The van der Waals surface area contributed by atoms with Gasteiger partial charge in [0.05, 0.1) is 17.7 Å². The SMILES string of the molecule is CCOC(=O)c1ccc(NC(=O)c2ccc(NC(C)c3ccccc3)nc2)cc1. The Hall–Kier alpha value is -3.67. The second-order valence-corrected chi connectivity index (χ2v) is 6.46. The number of nitrogens with one attached hydrogen (secondary N) is 2. The minimum atomic E-state index is -0.387. The number of aromatic nitrogens is 1. The number of hydrogen-bond donors (Lipinski definition) is 2. The minimum absolute atomic E-state index is 0.0984. The summed E-state index contributed by atoms with van der Waals surface area (Å²) in [5.74, 6) is 0.0307. The quantitative estimate of drug-likeness (QED) is 0.573. The first-order valence-corrected chi connectivity index (χ1v) is 9.43. The van der Waals surface area contributed by atoms with E-state index in [-0.39, 0.29) is 17.9 Å². The highest BCUT2D eigenvalue weighted by atomic mass is 16.5. The van der Waals surface area contributed by atoms with Crippen molar-refractivity contribution in [3.05, 3.63) is 89.6 Å². The van der Waals surface area contributed by atoms with Gasteiger partial charge in [-0.05, 0) is 55.8 Å². The van der Waals surface area contributed by atoms with Gasteiger partial charge in [-0.3, -0.25) is 4.79 Å². The van der Waals surface area contributed by atoms with Crippen molar-refractivity contribution in [1.82, 2.24) is 4.98 Å². The second kappa shape index (κ2) is 9.50. The number of esters is 1. The molecule has 0 aliphatic rings. The number of nitrogens with zero attached hydrogens (tertiary/aromatic N) is 1. The Bertz CT molecular complexity index is 955. The van der Waals surface area contributed by atoms with E-state index < -0.39 is 0 Å². The molecule has 0 saturated heterocycles. The molecule has 0 bridgehead atoms. The second-order valence-electron chi connectivity index (χ2n) is 6.46. The Labute approximate surface area is 169 Å². The van der Waals surface area contributed by atoms with Crippen LogP contribution in [0.5, 0.6) is 0 Å². The summed E-state index contributed by atoms with van der Waals surface area (Å²) in [5, 5.41) is 6.11. The highest BCUT2D eigenvalue weighted by Crippen LogP contribution is 2.18. The van der Waals surface area contributed by atoms with Gasteiger partial charge in [0.25, 0.3) is 5.91 Å². The lowest BCUT2D eigenvalue weighted by molar-refractivity contribution is 0.0526. The third kappa shape index (κ3) is 5.42. The van der Waals surface area contributed by atoms with Crippen molar-refractivity contribution in [3.8, 4) is 0 Å². The molecule has 0 spiro atoms. The predicted octanol–water partition coefficient (Wildman–Crippen LogP) is 4.68. The number of benzene rings is 2. The topological polar surface area (TPSA) is 80.3 Å². The molecule has 148 valence electrons. The van der Waals surface area contributed by atoms with Gasteiger partial charge in [0, 0.05) is 17.9 Å². The highest BCUT2D eigenvalue weighted by Gasteiger charge is 2.10. The molecular formula is C23H23N3O3. The molecule has 6 nitrogen and oxygen atoms in total.